The van der Waals surface area contributed by atoms with Gasteiger partial charge in [0.2, 0.25) is 0 Å². The minimum absolute atomic E-state index is 0.114. The number of likely N-dealkylation sites (tertiary alicyclic amines) is 1. The average molecular weight is 323 g/mol. The summed E-state index contributed by atoms with van der Waals surface area (Å²) in [6.07, 6.45) is 2.04. The third-order valence-electron chi connectivity index (χ3n) is 4.61. The Bertz CT molecular complexity index is 937. The maximum absolute atomic E-state index is 13.5. The molecule has 1 atom stereocenters. The van der Waals surface area contributed by atoms with Crippen LogP contribution in [0, 0.1) is 5.82 Å². The van der Waals surface area contributed by atoms with Gasteiger partial charge in [-0.1, -0.05) is 24.3 Å². The van der Waals surface area contributed by atoms with Gasteiger partial charge in [-0.15, -0.1) is 0 Å². The summed E-state index contributed by atoms with van der Waals surface area (Å²) >= 11 is 0. The number of fused-ring (bicyclic) bond motifs is 1. The van der Waals surface area contributed by atoms with Crippen molar-refractivity contribution in [3.05, 3.63) is 76.1 Å². The fourth-order valence-electron chi connectivity index (χ4n) is 3.51. The molecule has 1 N–H and O–H groups in total. The number of aromatic nitrogens is 2. The molecule has 0 aliphatic carbocycles. The molecule has 0 amide bonds. The number of nitrogens with zero attached hydrogens (tertiary/aromatic N) is 2. The number of benzene rings is 2. The summed E-state index contributed by atoms with van der Waals surface area (Å²) in [5.41, 5.74) is 1.57. The van der Waals surface area contributed by atoms with Crippen molar-refractivity contribution in [2.75, 3.05) is 6.54 Å². The Hall–Kier alpha value is -2.53. The van der Waals surface area contributed by atoms with Crippen LogP contribution >= 0.6 is 0 Å². The number of aromatic amines is 1. The number of para-hydroxylation sites is 1. The Morgan fingerprint density at radius 2 is 2.08 bits per heavy atom. The van der Waals surface area contributed by atoms with Gasteiger partial charge in [0, 0.05) is 6.04 Å². The largest absolute Gasteiger partial charge is 0.309 e. The predicted molar refractivity (Wildman–Crippen MR) is 91.1 cm³/mol. The highest BCUT2D eigenvalue weighted by atomic mass is 19.1. The van der Waals surface area contributed by atoms with Crippen LogP contribution in [0.25, 0.3) is 10.9 Å². The highest BCUT2D eigenvalue weighted by molar-refractivity contribution is 5.77. The van der Waals surface area contributed by atoms with Gasteiger partial charge in [0.1, 0.15) is 11.6 Å². The quantitative estimate of drug-likeness (QED) is 0.804. The van der Waals surface area contributed by atoms with Crippen LogP contribution in [0.4, 0.5) is 4.39 Å². The smallest absolute Gasteiger partial charge is 0.258 e. The first-order chi connectivity index (χ1) is 11.7. The second-order valence-corrected chi connectivity index (χ2v) is 6.21. The van der Waals surface area contributed by atoms with Crippen molar-refractivity contribution < 1.29 is 4.39 Å². The molecule has 24 heavy (non-hydrogen) atoms. The van der Waals surface area contributed by atoms with Crippen molar-refractivity contribution in [2.45, 2.75) is 25.4 Å². The Morgan fingerprint density at radius 3 is 2.96 bits per heavy atom. The second kappa shape index (κ2) is 6.17. The van der Waals surface area contributed by atoms with Crippen LogP contribution in [-0.2, 0) is 6.54 Å². The molecule has 0 spiro atoms. The van der Waals surface area contributed by atoms with E-state index in [9.17, 15) is 9.18 Å². The summed E-state index contributed by atoms with van der Waals surface area (Å²) in [5, 5.41) is 0.601. The zero-order valence-corrected chi connectivity index (χ0v) is 13.2. The highest BCUT2D eigenvalue weighted by Crippen LogP contribution is 2.32. The van der Waals surface area contributed by atoms with E-state index in [2.05, 4.69) is 14.9 Å². The molecule has 3 aromatic rings. The number of hydrogen-bond donors (Lipinski definition) is 1. The van der Waals surface area contributed by atoms with E-state index in [0.29, 0.717) is 23.3 Å². The van der Waals surface area contributed by atoms with E-state index >= 15 is 0 Å². The van der Waals surface area contributed by atoms with E-state index in [0.717, 1.165) is 24.9 Å². The molecule has 2 aromatic carbocycles. The van der Waals surface area contributed by atoms with Gasteiger partial charge < -0.3 is 4.98 Å². The predicted octanol–water partition coefficient (Wildman–Crippen LogP) is 3.40. The molecule has 122 valence electrons. The van der Waals surface area contributed by atoms with Gasteiger partial charge in [-0.3, -0.25) is 9.69 Å². The van der Waals surface area contributed by atoms with Gasteiger partial charge in [-0.2, -0.15) is 0 Å². The molecular formula is C19H18FN3O. The van der Waals surface area contributed by atoms with E-state index in [4.69, 9.17) is 0 Å². The molecule has 5 heteroatoms. The van der Waals surface area contributed by atoms with Gasteiger partial charge in [-0.05, 0) is 49.2 Å². The van der Waals surface area contributed by atoms with Crippen molar-refractivity contribution >= 4 is 10.9 Å². The van der Waals surface area contributed by atoms with Crippen LogP contribution in [0.15, 0.2) is 53.3 Å². The minimum Gasteiger partial charge on any atom is -0.309 e. The van der Waals surface area contributed by atoms with Gasteiger partial charge >= 0.3 is 0 Å². The molecule has 1 saturated heterocycles. The van der Waals surface area contributed by atoms with Crippen LogP contribution in [0.1, 0.15) is 30.3 Å². The third-order valence-corrected chi connectivity index (χ3v) is 4.61. The fourth-order valence-corrected chi connectivity index (χ4v) is 3.51. The Morgan fingerprint density at radius 1 is 1.21 bits per heavy atom. The lowest BCUT2D eigenvalue weighted by Gasteiger charge is -2.24. The maximum Gasteiger partial charge on any atom is 0.258 e. The first-order valence-electron chi connectivity index (χ1n) is 8.18. The molecule has 1 aromatic heterocycles. The second-order valence-electron chi connectivity index (χ2n) is 6.21. The van der Waals surface area contributed by atoms with Crippen molar-refractivity contribution in [3.63, 3.8) is 0 Å². The first kappa shape index (κ1) is 15.0. The van der Waals surface area contributed by atoms with Crippen molar-refractivity contribution in [1.82, 2.24) is 14.9 Å². The zero-order valence-electron chi connectivity index (χ0n) is 13.2. The standard InChI is InChI=1S/C19H18FN3O/c20-14-6-3-5-13(11-14)17-9-4-10-23(17)12-18-21-16-8-2-1-7-15(16)19(24)22-18/h1-3,5-8,11,17H,4,9-10,12H2,(H,21,22,24). The van der Waals surface area contributed by atoms with Gasteiger partial charge in [0.05, 0.1) is 17.4 Å². The number of H-pyrrole nitrogens is 1. The van der Waals surface area contributed by atoms with Crippen LogP contribution in [0.3, 0.4) is 0 Å². The normalized spacial score (nSPS) is 18.3. The monoisotopic (exact) mass is 323 g/mol. The van der Waals surface area contributed by atoms with E-state index in [1.54, 1.807) is 18.2 Å². The average Bonchev–Trinajstić information content (AvgIpc) is 3.03. The summed E-state index contributed by atoms with van der Waals surface area (Å²) in [5.74, 6) is 0.443. The Labute approximate surface area is 139 Å². The van der Waals surface area contributed by atoms with Crippen LogP contribution in [-0.4, -0.2) is 21.4 Å². The number of hydrogen-bond acceptors (Lipinski definition) is 3. The van der Waals surface area contributed by atoms with E-state index in [1.165, 1.54) is 6.07 Å². The molecule has 1 unspecified atom stereocenters. The van der Waals surface area contributed by atoms with Crippen LogP contribution in [0.2, 0.25) is 0 Å². The number of rotatable bonds is 3. The summed E-state index contributed by atoms with van der Waals surface area (Å²) in [6.45, 7) is 1.47. The van der Waals surface area contributed by atoms with Gasteiger partial charge in [0.25, 0.3) is 5.56 Å². The van der Waals surface area contributed by atoms with Crippen molar-refractivity contribution in [3.8, 4) is 0 Å². The van der Waals surface area contributed by atoms with Gasteiger partial charge in [0.15, 0.2) is 0 Å². The molecule has 1 fully saturated rings. The molecule has 1 aliphatic rings. The lowest BCUT2D eigenvalue weighted by Crippen LogP contribution is -2.25. The lowest BCUT2D eigenvalue weighted by molar-refractivity contribution is 0.242. The summed E-state index contributed by atoms with van der Waals surface area (Å²) < 4.78 is 13.5. The van der Waals surface area contributed by atoms with E-state index in [-0.39, 0.29) is 17.4 Å². The highest BCUT2D eigenvalue weighted by Gasteiger charge is 2.26. The molecule has 4 rings (SSSR count). The molecule has 0 bridgehead atoms. The van der Waals surface area contributed by atoms with E-state index < -0.39 is 0 Å². The zero-order chi connectivity index (χ0) is 16.5. The number of nitrogens with one attached hydrogen (secondary N) is 1. The fraction of sp³-hybridized carbons (Fsp3) is 0.263. The molecule has 1 aliphatic heterocycles. The molecule has 2 heterocycles. The van der Waals surface area contributed by atoms with Gasteiger partial charge in [-0.25, -0.2) is 9.37 Å². The third kappa shape index (κ3) is 2.83. The molecule has 0 radical (unpaired) electrons. The molecule has 0 saturated carbocycles. The maximum atomic E-state index is 13.5. The summed E-state index contributed by atoms with van der Waals surface area (Å²) in [7, 11) is 0. The molecule has 4 nitrogen and oxygen atoms in total. The van der Waals surface area contributed by atoms with Crippen LogP contribution in [0.5, 0.6) is 0 Å². The first-order valence-corrected chi connectivity index (χ1v) is 8.18. The van der Waals surface area contributed by atoms with E-state index in [1.807, 2.05) is 24.3 Å². The summed E-state index contributed by atoms with van der Waals surface area (Å²) in [4.78, 5) is 21.9. The van der Waals surface area contributed by atoms with Crippen molar-refractivity contribution in [2.24, 2.45) is 0 Å². The summed E-state index contributed by atoms with van der Waals surface area (Å²) in [6, 6.07) is 14.3. The SMILES string of the molecule is O=c1[nH]c(CN2CCCC2c2cccc(F)c2)nc2ccccc12. The lowest BCUT2D eigenvalue weighted by atomic mass is 10.0. The Balaban J connectivity index is 1.63. The Kier molecular flexibility index (Phi) is 3.86. The van der Waals surface area contributed by atoms with Crippen molar-refractivity contribution in [1.29, 1.82) is 0 Å². The molecular weight excluding hydrogens is 305 g/mol. The van der Waals surface area contributed by atoms with Crippen LogP contribution < -0.4 is 5.56 Å². The minimum atomic E-state index is -0.211. The number of halogens is 1. The topological polar surface area (TPSA) is 49.0 Å².